The van der Waals surface area contributed by atoms with E-state index in [9.17, 15) is 9.59 Å². The van der Waals surface area contributed by atoms with Crippen LogP contribution in [0.15, 0.2) is 28.9 Å². The summed E-state index contributed by atoms with van der Waals surface area (Å²) in [6.45, 7) is 1.01. The lowest BCUT2D eigenvalue weighted by Crippen LogP contribution is -2.49. The molecule has 130 valence electrons. The van der Waals surface area contributed by atoms with E-state index in [2.05, 4.69) is 20.9 Å². The number of hydrogen-bond acceptors (Lipinski definition) is 4. The number of anilines is 1. The minimum Gasteiger partial charge on any atom is -0.453 e. The van der Waals surface area contributed by atoms with E-state index in [1.54, 1.807) is 23.0 Å². The maximum atomic E-state index is 13.2. The first kappa shape index (κ1) is 16.3. The van der Waals surface area contributed by atoms with E-state index in [-0.39, 0.29) is 12.0 Å². The van der Waals surface area contributed by atoms with Crippen molar-refractivity contribution < 1.29 is 14.3 Å². The monoisotopic (exact) mass is 403 g/mol. The molecule has 0 aliphatic carbocycles. The number of benzene rings is 1. The second-order valence-electron chi connectivity index (χ2n) is 6.58. The number of piperidine rings is 1. The average Bonchev–Trinajstić information content (AvgIpc) is 2.84. The first-order valence-corrected chi connectivity index (χ1v) is 8.97. The summed E-state index contributed by atoms with van der Waals surface area (Å²) in [4.78, 5) is 32.9. The molecule has 0 radical (unpaired) electrons. The van der Waals surface area contributed by atoms with E-state index in [0.29, 0.717) is 25.9 Å². The van der Waals surface area contributed by atoms with Crippen molar-refractivity contribution in [3.63, 3.8) is 0 Å². The van der Waals surface area contributed by atoms with Crippen molar-refractivity contribution >= 4 is 44.5 Å². The minimum atomic E-state index is -0.601. The molecule has 6 nitrogen and oxygen atoms in total. The fourth-order valence-corrected chi connectivity index (χ4v) is 4.47. The molecule has 0 bridgehead atoms. The van der Waals surface area contributed by atoms with E-state index in [1.165, 1.54) is 7.11 Å². The number of hydrogen-bond donors (Lipinski definition) is 0. The van der Waals surface area contributed by atoms with Crippen molar-refractivity contribution in [2.24, 2.45) is 0 Å². The van der Waals surface area contributed by atoms with Gasteiger partial charge in [-0.1, -0.05) is 15.9 Å². The standard InChI is InChI=1S/C18H18BrN3O3/c1-21-14-10-20-13-4-3-11(19)9-12(13)15(14)18(16(21)23)5-7-22(8-6-18)17(24)25-2/h3-4,9-10H,5-8H2,1-2H3. The van der Waals surface area contributed by atoms with Gasteiger partial charge in [-0.15, -0.1) is 0 Å². The van der Waals surface area contributed by atoms with Gasteiger partial charge < -0.3 is 14.5 Å². The number of halogens is 1. The highest BCUT2D eigenvalue weighted by molar-refractivity contribution is 9.10. The summed E-state index contributed by atoms with van der Waals surface area (Å²) in [5.74, 6) is 0.0845. The molecule has 2 aliphatic heterocycles. The first-order chi connectivity index (χ1) is 12.0. The molecule has 2 aromatic rings. The Balaban J connectivity index is 1.85. The summed E-state index contributed by atoms with van der Waals surface area (Å²) in [7, 11) is 3.18. The van der Waals surface area contributed by atoms with Gasteiger partial charge in [0.2, 0.25) is 5.91 Å². The van der Waals surface area contributed by atoms with Crippen LogP contribution in [0.25, 0.3) is 10.9 Å². The molecule has 2 amide bonds. The first-order valence-electron chi connectivity index (χ1n) is 8.18. The molecule has 1 aromatic heterocycles. The Morgan fingerprint density at radius 2 is 2.04 bits per heavy atom. The van der Waals surface area contributed by atoms with Crippen LogP contribution in [0.4, 0.5) is 10.5 Å². The zero-order chi connectivity index (χ0) is 17.8. The lowest BCUT2D eigenvalue weighted by Gasteiger charge is -2.37. The highest BCUT2D eigenvalue weighted by atomic mass is 79.9. The van der Waals surface area contributed by atoms with Crippen LogP contribution in [0.3, 0.4) is 0 Å². The summed E-state index contributed by atoms with van der Waals surface area (Å²) in [5.41, 5.74) is 2.18. The number of ether oxygens (including phenoxy) is 1. The molecule has 1 spiro atoms. The quantitative estimate of drug-likeness (QED) is 0.677. The SMILES string of the molecule is COC(=O)N1CCC2(CC1)C(=O)N(C)c1cnc3ccc(Br)cc3c12. The Bertz CT molecular complexity index is 891. The van der Waals surface area contributed by atoms with Crippen molar-refractivity contribution in [1.82, 2.24) is 9.88 Å². The molecule has 4 rings (SSSR count). The molecule has 3 heterocycles. The number of fused-ring (bicyclic) bond motifs is 4. The van der Waals surface area contributed by atoms with E-state index >= 15 is 0 Å². The van der Waals surface area contributed by atoms with Gasteiger partial charge in [-0.2, -0.15) is 0 Å². The second-order valence-corrected chi connectivity index (χ2v) is 7.50. The Kier molecular flexibility index (Phi) is 3.72. The number of carbonyl (C=O) groups excluding carboxylic acids is 2. The Labute approximate surface area is 153 Å². The lowest BCUT2D eigenvalue weighted by molar-refractivity contribution is -0.124. The van der Waals surface area contributed by atoms with Crippen molar-refractivity contribution in [1.29, 1.82) is 0 Å². The zero-order valence-corrected chi connectivity index (χ0v) is 15.7. The van der Waals surface area contributed by atoms with Crippen molar-refractivity contribution in [2.75, 3.05) is 32.1 Å². The van der Waals surface area contributed by atoms with Crippen molar-refractivity contribution in [2.45, 2.75) is 18.3 Å². The summed E-state index contributed by atoms with van der Waals surface area (Å²) in [6, 6.07) is 5.94. The Hall–Kier alpha value is -2.15. The van der Waals surface area contributed by atoms with Crippen LogP contribution in [0.1, 0.15) is 18.4 Å². The molecule has 1 aromatic carbocycles. The molecule has 7 heteroatoms. The minimum absolute atomic E-state index is 0.0845. The fourth-order valence-electron chi connectivity index (χ4n) is 4.11. The molecule has 25 heavy (non-hydrogen) atoms. The zero-order valence-electron chi connectivity index (χ0n) is 14.1. The van der Waals surface area contributed by atoms with Crippen LogP contribution >= 0.6 is 15.9 Å². The van der Waals surface area contributed by atoms with Crippen LogP contribution in [0.2, 0.25) is 0 Å². The van der Waals surface area contributed by atoms with E-state index in [4.69, 9.17) is 4.74 Å². The maximum absolute atomic E-state index is 13.2. The van der Waals surface area contributed by atoms with Gasteiger partial charge in [0.15, 0.2) is 0 Å². The number of pyridine rings is 1. The number of amides is 2. The van der Waals surface area contributed by atoms with Gasteiger partial charge in [0.05, 0.1) is 29.9 Å². The number of rotatable bonds is 0. The topological polar surface area (TPSA) is 62.7 Å². The Morgan fingerprint density at radius 3 is 2.72 bits per heavy atom. The predicted molar refractivity (Wildman–Crippen MR) is 97.7 cm³/mol. The van der Waals surface area contributed by atoms with E-state index in [0.717, 1.165) is 26.6 Å². The van der Waals surface area contributed by atoms with Crippen LogP contribution in [0, 0.1) is 0 Å². The number of nitrogens with zero attached hydrogens (tertiary/aromatic N) is 3. The maximum Gasteiger partial charge on any atom is 0.409 e. The van der Waals surface area contributed by atoms with Crippen LogP contribution in [0.5, 0.6) is 0 Å². The number of likely N-dealkylation sites (N-methyl/N-ethyl adjacent to an activating group) is 1. The van der Waals surface area contributed by atoms with Gasteiger partial charge >= 0.3 is 6.09 Å². The average molecular weight is 404 g/mol. The molecule has 0 atom stereocenters. The van der Waals surface area contributed by atoms with E-state index in [1.807, 2.05) is 18.2 Å². The largest absolute Gasteiger partial charge is 0.453 e. The fraction of sp³-hybridized carbons (Fsp3) is 0.389. The summed E-state index contributed by atoms with van der Waals surface area (Å²) in [5, 5.41) is 0.996. The lowest BCUT2D eigenvalue weighted by atomic mass is 9.72. The predicted octanol–water partition coefficient (Wildman–Crippen LogP) is 3.07. The van der Waals surface area contributed by atoms with Gasteiger partial charge in [-0.05, 0) is 31.0 Å². The molecular formula is C18H18BrN3O3. The molecule has 1 saturated heterocycles. The normalized spacial score (nSPS) is 18.8. The molecule has 0 N–H and O–H groups in total. The van der Waals surface area contributed by atoms with Crippen LogP contribution in [-0.2, 0) is 14.9 Å². The number of methoxy groups -OCH3 is 1. The smallest absolute Gasteiger partial charge is 0.409 e. The molecule has 1 fully saturated rings. The molecule has 0 unspecified atom stereocenters. The number of carbonyl (C=O) groups is 2. The molecule has 2 aliphatic rings. The Morgan fingerprint density at radius 1 is 1.32 bits per heavy atom. The molecular weight excluding hydrogens is 386 g/mol. The second kappa shape index (κ2) is 5.69. The van der Waals surface area contributed by atoms with Crippen molar-refractivity contribution in [3.05, 3.63) is 34.4 Å². The van der Waals surface area contributed by atoms with Gasteiger partial charge in [0, 0.05) is 35.6 Å². The summed E-state index contributed by atoms with van der Waals surface area (Å²) in [6.07, 6.45) is 2.62. The number of likely N-dealkylation sites (tertiary alicyclic amines) is 1. The third-order valence-corrected chi connectivity index (χ3v) is 5.91. The third kappa shape index (κ3) is 2.25. The van der Waals surface area contributed by atoms with Gasteiger partial charge in [-0.25, -0.2) is 4.79 Å². The third-order valence-electron chi connectivity index (χ3n) is 5.41. The van der Waals surface area contributed by atoms with Crippen LogP contribution in [-0.4, -0.2) is 49.1 Å². The highest BCUT2D eigenvalue weighted by Crippen LogP contribution is 2.50. The molecule has 0 saturated carbocycles. The van der Waals surface area contributed by atoms with Gasteiger partial charge in [-0.3, -0.25) is 9.78 Å². The van der Waals surface area contributed by atoms with Gasteiger partial charge in [0.25, 0.3) is 0 Å². The highest BCUT2D eigenvalue weighted by Gasteiger charge is 2.52. The van der Waals surface area contributed by atoms with Crippen molar-refractivity contribution in [3.8, 4) is 0 Å². The summed E-state index contributed by atoms with van der Waals surface area (Å²) < 4.78 is 5.78. The van der Waals surface area contributed by atoms with E-state index < -0.39 is 5.41 Å². The van der Waals surface area contributed by atoms with Crippen LogP contribution < -0.4 is 4.90 Å². The van der Waals surface area contributed by atoms with Gasteiger partial charge in [0.1, 0.15) is 0 Å². The summed E-state index contributed by atoms with van der Waals surface area (Å²) >= 11 is 3.53. The number of aromatic nitrogens is 1.